The number of aryl methyl sites for hydroxylation is 1. The molecular weight excluding hydrogens is 258 g/mol. The van der Waals surface area contributed by atoms with Crippen molar-refractivity contribution in [1.29, 1.82) is 0 Å². The zero-order valence-corrected chi connectivity index (χ0v) is 12.0. The van der Waals surface area contributed by atoms with Gasteiger partial charge in [0.15, 0.2) is 0 Å². The van der Waals surface area contributed by atoms with Crippen LogP contribution in [0.2, 0.25) is 0 Å². The third-order valence-electron chi connectivity index (χ3n) is 3.61. The van der Waals surface area contributed by atoms with Crippen molar-refractivity contribution in [3.63, 3.8) is 0 Å². The molecule has 0 saturated heterocycles. The molecule has 0 atom stereocenters. The normalized spacial score (nSPS) is 10.7. The van der Waals surface area contributed by atoms with Crippen molar-refractivity contribution in [2.24, 2.45) is 0 Å². The highest BCUT2D eigenvalue weighted by molar-refractivity contribution is 5.89. The molecule has 0 fully saturated rings. The number of hydrogen-bond donors (Lipinski definition) is 0. The molecule has 0 aliphatic rings. The highest BCUT2D eigenvalue weighted by atomic mass is 16.1. The number of benzene rings is 2. The Kier molecular flexibility index (Phi) is 3.78. The Morgan fingerprint density at radius 2 is 1.86 bits per heavy atom. The lowest BCUT2D eigenvalue weighted by Crippen LogP contribution is -2.07. The molecule has 104 valence electrons. The summed E-state index contributed by atoms with van der Waals surface area (Å²) in [5, 5.41) is 1.07. The first-order chi connectivity index (χ1) is 10.2. The third kappa shape index (κ3) is 3.16. The Morgan fingerprint density at radius 1 is 1.00 bits per heavy atom. The van der Waals surface area contributed by atoms with Crippen LogP contribution in [0.25, 0.3) is 10.9 Å². The number of ketones is 1. The van der Waals surface area contributed by atoms with Crippen LogP contribution < -0.4 is 0 Å². The van der Waals surface area contributed by atoms with E-state index in [1.54, 1.807) is 6.20 Å². The van der Waals surface area contributed by atoms with Crippen molar-refractivity contribution in [3.05, 3.63) is 77.5 Å². The number of rotatable bonds is 4. The van der Waals surface area contributed by atoms with E-state index in [4.69, 9.17) is 0 Å². The molecule has 21 heavy (non-hydrogen) atoms. The molecule has 0 aliphatic heterocycles. The number of para-hydroxylation sites is 1. The molecule has 0 bridgehead atoms. The molecule has 2 nitrogen and oxygen atoms in total. The Balaban J connectivity index is 1.80. The number of fused-ring (bicyclic) bond motifs is 1. The Morgan fingerprint density at radius 3 is 2.71 bits per heavy atom. The fourth-order valence-electron chi connectivity index (χ4n) is 2.63. The minimum absolute atomic E-state index is 0.233. The van der Waals surface area contributed by atoms with Gasteiger partial charge in [0.25, 0.3) is 0 Å². The van der Waals surface area contributed by atoms with Gasteiger partial charge in [-0.3, -0.25) is 9.78 Å². The average molecular weight is 275 g/mol. The van der Waals surface area contributed by atoms with Gasteiger partial charge in [0.05, 0.1) is 5.52 Å². The molecule has 0 N–H and O–H groups in total. The monoisotopic (exact) mass is 275 g/mol. The lowest BCUT2D eigenvalue weighted by molar-refractivity contribution is -0.117. The predicted molar refractivity (Wildman–Crippen MR) is 85.3 cm³/mol. The Hall–Kier alpha value is -2.48. The van der Waals surface area contributed by atoms with Gasteiger partial charge >= 0.3 is 0 Å². The van der Waals surface area contributed by atoms with Gasteiger partial charge in [0, 0.05) is 24.4 Å². The van der Waals surface area contributed by atoms with Gasteiger partial charge < -0.3 is 0 Å². The van der Waals surface area contributed by atoms with Gasteiger partial charge in [-0.2, -0.15) is 0 Å². The molecule has 0 unspecified atom stereocenters. The smallest absolute Gasteiger partial charge is 0.141 e. The van der Waals surface area contributed by atoms with Crippen LogP contribution in [0.5, 0.6) is 0 Å². The second kappa shape index (κ2) is 5.88. The first kappa shape index (κ1) is 13.5. The molecular formula is C19H17NO. The van der Waals surface area contributed by atoms with Crippen LogP contribution in [-0.4, -0.2) is 10.8 Å². The van der Waals surface area contributed by atoms with E-state index in [1.165, 1.54) is 5.56 Å². The van der Waals surface area contributed by atoms with Crippen molar-refractivity contribution >= 4 is 16.7 Å². The zero-order valence-electron chi connectivity index (χ0n) is 12.0. The summed E-state index contributed by atoms with van der Waals surface area (Å²) in [6.07, 6.45) is 2.72. The molecule has 0 aliphatic carbocycles. The number of hydrogen-bond acceptors (Lipinski definition) is 2. The molecule has 0 saturated carbocycles. The van der Waals surface area contributed by atoms with Gasteiger partial charge in [0.1, 0.15) is 5.78 Å². The van der Waals surface area contributed by atoms with Gasteiger partial charge in [-0.1, -0.05) is 48.0 Å². The molecule has 3 aromatic rings. The largest absolute Gasteiger partial charge is 0.299 e. The summed E-state index contributed by atoms with van der Waals surface area (Å²) in [5.74, 6) is 0.233. The number of carbonyl (C=O) groups excluding carboxylic acids is 1. The summed E-state index contributed by atoms with van der Waals surface area (Å²) in [6.45, 7) is 2.05. The number of aromatic nitrogens is 1. The number of nitrogens with zero attached hydrogens (tertiary/aromatic N) is 1. The SMILES string of the molecule is Cc1cccc(CC(=O)Cc2ccnc3ccccc23)c1. The summed E-state index contributed by atoms with van der Waals surface area (Å²) in [4.78, 5) is 16.6. The number of Topliss-reactive ketones (excluding diaryl/α,β-unsaturated/α-hetero) is 1. The van der Waals surface area contributed by atoms with Crippen LogP contribution >= 0.6 is 0 Å². The van der Waals surface area contributed by atoms with E-state index in [1.807, 2.05) is 55.5 Å². The minimum Gasteiger partial charge on any atom is -0.299 e. The zero-order chi connectivity index (χ0) is 14.7. The summed E-state index contributed by atoms with van der Waals surface area (Å²) in [5.41, 5.74) is 4.27. The maximum atomic E-state index is 12.3. The van der Waals surface area contributed by atoms with E-state index in [0.29, 0.717) is 12.8 Å². The van der Waals surface area contributed by atoms with Crippen LogP contribution in [0.4, 0.5) is 0 Å². The molecule has 2 aromatic carbocycles. The van der Waals surface area contributed by atoms with E-state index in [-0.39, 0.29) is 5.78 Å². The van der Waals surface area contributed by atoms with Gasteiger partial charge in [-0.05, 0) is 30.2 Å². The highest BCUT2D eigenvalue weighted by Gasteiger charge is 2.08. The van der Waals surface area contributed by atoms with Crippen molar-refractivity contribution in [2.75, 3.05) is 0 Å². The molecule has 1 aromatic heterocycles. The Bertz CT molecular complexity index is 787. The molecule has 0 radical (unpaired) electrons. The highest BCUT2D eigenvalue weighted by Crippen LogP contribution is 2.17. The van der Waals surface area contributed by atoms with Gasteiger partial charge in [0.2, 0.25) is 0 Å². The van der Waals surface area contributed by atoms with E-state index in [0.717, 1.165) is 22.0 Å². The van der Waals surface area contributed by atoms with Crippen LogP contribution in [-0.2, 0) is 17.6 Å². The fourth-order valence-corrected chi connectivity index (χ4v) is 2.63. The minimum atomic E-state index is 0.233. The van der Waals surface area contributed by atoms with Crippen LogP contribution in [0.3, 0.4) is 0 Å². The number of carbonyl (C=O) groups is 1. The van der Waals surface area contributed by atoms with Crippen molar-refractivity contribution in [2.45, 2.75) is 19.8 Å². The lowest BCUT2D eigenvalue weighted by Gasteiger charge is -2.06. The maximum absolute atomic E-state index is 12.3. The predicted octanol–water partition coefficient (Wildman–Crippen LogP) is 3.90. The summed E-state index contributed by atoms with van der Waals surface area (Å²) in [7, 11) is 0. The topological polar surface area (TPSA) is 30.0 Å². The summed E-state index contributed by atoms with van der Waals surface area (Å²) < 4.78 is 0. The van der Waals surface area contributed by atoms with Crippen LogP contribution in [0.1, 0.15) is 16.7 Å². The second-order valence-corrected chi connectivity index (χ2v) is 5.37. The van der Waals surface area contributed by atoms with E-state index < -0.39 is 0 Å². The first-order valence-electron chi connectivity index (χ1n) is 7.12. The quantitative estimate of drug-likeness (QED) is 0.723. The van der Waals surface area contributed by atoms with E-state index in [2.05, 4.69) is 11.1 Å². The van der Waals surface area contributed by atoms with Gasteiger partial charge in [-0.25, -0.2) is 0 Å². The fraction of sp³-hybridized carbons (Fsp3) is 0.158. The third-order valence-corrected chi connectivity index (χ3v) is 3.61. The molecule has 0 amide bonds. The van der Waals surface area contributed by atoms with Crippen LogP contribution in [0, 0.1) is 6.92 Å². The molecule has 3 rings (SSSR count). The molecule has 2 heteroatoms. The van der Waals surface area contributed by atoms with E-state index >= 15 is 0 Å². The number of pyridine rings is 1. The van der Waals surface area contributed by atoms with Crippen LogP contribution in [0.15, 0.2) is 60.8 Å². The van der Waals surface area contributed by atoms with Crippen molar-refractivity contribution in [1.82, 2.24) is 4.98 Å². The van der Waals surface area contributed by atoms with Crippen molar-refractivity contribution in [3.8, 4) is 0 Å². The summed E-state index contributed by atoms with van der Waals surface area (Å²) >= 11 is 0. The lowest BCUT2D eigenvalue weighted by atomic mass is 9.99. The second-order valence-electron chi connectivity index (χ2n) is 5.37. The summed E-state index contributed by atoms with van der Waals surface area (Å²) in [6, 6.07) is 18.0. The van der Waals surface area contributed by atoms with Crippen molar-refractivity contribution < 1.29 is 4.79 Å². The molecule has 0 spiro atoms. The van der Waals surface area contributed by atoms with E-state index in [9.17, 15) is 4.79 Å². The standard InChI is InChI=1S/C19H17NO/c1-14-5-4-6-15(11-14)12-17(21)13-16-9-10-20-19-8-3-2-7-18(16)19/h2-11H,12-13H2,1H3. The Labute approximate surface area is 124 Å². The molecule has 1 heterocycles. The maximum Gasteiger partial charge on any atom is 0.141 e. The first-order valence-corrected chi connectivity index (χ1v) is 7.12. The van der Waals surface area contributed by atoms with Gasteiger partial charge in [-0.15, -0.1) is 0 Å². The average Bonchev–Trinajstić information content (AvgIpc) is 2.47.